The highest BCUT2D eigenvalue weighted by atomic mass is 79.9. The van der Waals surface area contributed by atoms with E-state index in [4.69, 9.17) is 16.3 Å². The fourth-order valence-electron chi connectivity index (χ4n) is 2.86. The summed E-state index contributed by atoms with van der Waals surface area (Å²) in [6.07, 6.45) is 1.65. The Morgan fingerprint density at radius 3 is 2.55 bits per heavy atom. The Kier molecular flexibility index (Phi) is 6.75. The van der Waals surface area contributed by atoms with Gasteiger partial charge in [-0.15, -0.1) is 11.8 Å². The number of hydrogen-bond donors (Lipinski definition) is 0. The van der Waals surface area contributed by atoms with Gasteiger partial charge in [0.2, 0.25) is 0 Å². The molecule has 0 saturated heterocycles. The molecule has 0 aliphatic carbocycles. The number of carbonyl (C=O) groups excluding carboxylic acids is 1. The summed E-state index contributed by atoms with van der Waals surface area (Å²) in [5.41, 5.74) is 2.19. The van der Waals surface area contributed by atoms with E-state index in [9.17, 15) is 9.59 Å². The van der Waals surface area contributed by atoms with Gasteiger partial charge >= 0.3 is 5.97 Å². The zero-order valence-electron chi connectivity index (χ0n) is 16.1. The lowest BCUT2D eigenvalue weighted by Gasteiger charge is -2.07. The zero-order valence-corrected chi connectivity index (χ0v) is 19.3. The average Bonchev–Trinajstić information content (AvgIpc) is 2.78. The lowest BCUT2D eigenvalue weighted by atomic mass is 10.1. The summed E-state index contributed by atoms with van der Waals surface area (Å²) >= 11 is 10.9. The minimum absolute atomic E-state index is 0.0746. The lowest BCUT2D eigenvalue weighted by molar-refractivity contribution is 0.0467. The van der Waals surface area contributed by atoms with Crippen molar-refractivity contribution in [2.45, 2.75) is 17.3 Å². The monoisotopic (exact) mass is 514 g/mol. The van der Waals surface area contributed by atoms with Crippen molar-refractivity contribution < 1.29 is 9.53 Å². The molecular weight excluding hydrogens is 500 g/mol. The van der Waals surface area contributed by atoms with E-state index in [2.05, 4.69) is 20.9 Å². The number of esters is 1. The molecule has 156 valence electrons. The fourth-order valence-corrected chi connectivity index (χ4v) is 4.17. The van der Waals surface area contributed by atoms with Gasteiger partial charge in [0.1, 0.15) is 12.3 Å². The number of rotatable bonds is 6. The molecule has 2 heterocycles. The summed E-state index contributed by atoms with van der Waals surface area (Å²) in [5, 5.41) is 0.712. The number of hydrogen-bond acceptors (Lipinski definition) is 5. The van der Waals surface area contributed by atoms with E-state index in [-0.39, 0.29) is 12.2 Å². The maximum Gasteiger partial charge on any atom is 0.338 e. The molecule has 0 aliphatic heterocycles. The van der Waals surface area contributed by atoms with Gasteiger partial charge in [0.05, 0.1) is 11.3 Å². The maximum atomic E-state index is 12.4. The molecule has 4 rings (SSSR count). The maximum absolute atomic E-state index is 12.4. The standard InChI is InChI=1S/C23H16BrClN2O3S/c24-17-5-10-21-26-19(11-22(28)27(21)12-17)13-30-23(29)16-3-1-15(2-4-16)14-31-20-8-6-18(25)7-9-20/h1-12H,13-14H2. The first-order chi connectivity index (χ1) is 15.0. The van der Waals surface area contributed by atoms with E-state index in [1.165, 1.54) is 10.5 Å². The molecule has 5 nitrogen and oxygen atoms in total. The number of ether oxygens (including phenoxy) is 1. The molecule has 0 amide bonds. The van der Waals surface area contributed by atoms with Crippen LogP contribution in [0, 0.1) is 0 Å². The highest BCUT2D eigenvalue weighted by Crippen LogP contribution is 2.24. The number of thioether (sulfide) groups is 1. The third-order valence-electron chi connectivity index (χ3n) is 4.44. The molecule has 0 saturated carbocycles. The van der Waals surface area contributed by atoms with Crippen molar-refractivity contribution in [3.63, 3.8) is 0 Å². The van der Waals surface area contributed by atoms with Crippen LogP contribution in [0.2, 0.25) is 5.02 Å². The van der Waals surface area contributed by atoms with Crippen LogP contribution in [-0.2, 0) is 17.1 Å². The predicted molar refractivity (Wildman–Crippen MR) is 126 cm³/mol. The van der Waals surface area contributed by atoms with E-state index in [1.54, 1.807) is 42.2 Å². The van der Waals surface area contributed by atoms with Crippen LogP contribution in [0.25, 0.3) is 5.65 Å². The lowest BCUT2D eigenvalue weighted by Crippen LogP contribution is -2.16. The predicted octanol–water partition coefficient (Wildman–Crippen LogP) is 5.76. The molecule has 2 aromatic heterocycles. The van der Waals surface area contributed by atoms with Crippen LogP contribution >= 0.6 is 39.3 Å². The molecule has 0 fully saturated rings. The Bertz CT molecular complexity index is 1290. The summed E-state index contributed by atoms with van der Waals surface area (Å²) in [6.45, 7) is -0.0746. The molecular formula is C23H16BrClN2O3S. The van der Waals surface area contributed by atoms with Crippen LogP contribution in [0.3, 0.4) is 0 Å². The number of carbonyl (C=O) groups is 1. The average molecular weight is 516 g/mol. The van der Waals surface area contributed by atoms with Gasteiger partial charge in [-0.3, -0.25) is 9.20 Å². The smallest absolute Gasteiger partial charge is 0.338 e. The van der Waals surface area contributed by atoms with Crippen molar-refractivity contribution in [2.24, 2.45) is 0 Å². The van der Waals surface area contributed by atoms with Gasteiger partial charge < -0.3 is 4.74 Å². The fraction of sp³-hybridized carbons (Fsp3) is 0.0870. The van der Waals surface area contributed by atoms with Crippen molar-refractivity contribution in [3.8, 4) is 0 Å². The highest BCUT2D eigenvalue weighted by molar-refractivity contribution is 9.10. The topological polar surface area (TPSA) is 60.7 Å². The molecule has 0 unspecified atom stereocenters. The van der Waals surface area contributed by atoms with Crippen LogP contribution in [0.5, 0.6) is 0 Å². The van der Waals surface area contributed by atoms with E-state index in [0.717, 1.165) is 20.7 Å². The molecule has 8 heteroatoms. The van der Waals surface area contributed by atoms with Gasteiger partial charge in [0.25, 0.3) is 5.56 Å². The van der Waals surface area contributed by atoms with Crippen LogP contribution in [0.4, 0.5) is 0 Å². The SMILES string of the molecule is O=C(OCc1cc(=O)n2cc(Br)ccc2n1)c1ccc(CSc2ccc(Cl)cc2)cc1. The minimum atomic E-state index is -0.463. The van der Waals surface area contributed by atoms with E-state index < -0.39 is 5.97 Å². The van der Waals surface area contributed by atoms with Gasteiger partial charge in [-0.2, -0.15) is 0 Å². The quantitative estimate of drug-likeness (QED) is 0.241. The Morgan fingerprint density at radius 1 is 1.06 bits per heavy atom. The molecule has 0 bridgehead atoms. The van der Waals surface area contributed by atoms with Crippen molar-refractivity contribution in [2.75, 3.05) is 0 Å². The van der Waals surface area contributed by atoms with Gasteiger partial charge in [0.15, 0.2) is 0 Å². The van der Waals surface area contributed by atoms with Gasteiger partial charge in [0, 0.05) is 32.4 Å². The molecule has 0 aliphatic rings. The number of pyridine rings is 1. The van der Waals surface area contributed by atoms with E-state index >= 15 is 0 Å². The van der Waals surface area contributed by atoms with Crippen LogP contribution < -0.4 is 5.56 Å². The third kappa shape index (κ3) is 5.55. The van der Waals surface area contributed by atoms with Gasteiger partial charge in [-0.05, 0) is 70.0 Å². The third-order valence-corrected chi connectivity index (χ3v) is 6.24. The van der Waals surface area contributed by atoms with Gasteiger partial charge in [-0.1, -0.05) is 23.7 Å². The Morgan fingerprint density at radius 2 is 1.81 bits per heavy atom. The molecule has 0 atom stereocenters. The Hall–Kier alpha value is -2.61. The highest BCUT2D eigenvalue weighted by Gasteiger charge is 2.10. The second-order valence-corrected chi connectivity index (χ2v) is 9.08. The summed E-state index contributed by atoms with van der Waals surface area (Å²) in [5.74, 6) is 0.313. The number of aromatic nitrogens is 2. The number of halogens is 2. The molecule has 0 N–H and O–H groups in total. The van der Waals surface area contributed by atoms with E-state index in [1.807, 2.05) is 36.4 Å². The largest absolute Gasteiger partial charge is 0.456 e. The zero-order chi connectivity index (χ0) is 21.8. The molecule has 0 radical (unpaired) electrons. The molecule has 4 aromatic rings. The Labute approximate surface area is 196 Å². The summed E-state index contributed by atoms with van der Waals surface area (Å²) in [6, 6.07) is 19.8. The van der Waals surface area contributed by atoms with Crippen LogP contribution in [0.15, 0.2) is 87.1 Å². The van der Waals surface area contributed by atoms with Crippen LogP contribution in [0.1, 0.15) is 21.6 Å². The van der Waals surface area contributed by atoms with Crippen molar-refractivity contribution >= 4 is 50.9 Å². The van der Waals surface area contributed by atoms with Crippen molar-refractivity contribution in [1.82, 2.24) is 9.38 Å². The second kappa shape index (κ2) is 9.68. The number of benzene rings is 2. The molecule has 31 heavy (non-hydrogen) atoms. The summed E-state index contributed by atoms with van der Waals surface area (Å²) in [4.78, 5) is 30.1. The van der Waals surface area contributed by atoms with Gasteiger partial charge in [-0.25, -0.2) is 9.78 Å². The first kappa shape index (κ1) is 21.6. The number of fused-ring (bicyclic) bond motifs is 1. The van der Waals surface area contributed by atoms with E-state index in [0.29, 0.717) is 21.9 Å². The first-order valence-electron chi connectivity index (χ1n) is 9.30. The van der Waals surface area contributed by atoms with Crippen molar-refractivity contribution in [1.29, 1.82) is 0 Å². The van der Waals surface area contributed by atoms with Crippen LogP contribution in [-0.4, -0.2) is 15.4 Å². The first-order valence-corrected chi connectivity index (χ1v) is 11.5. The molecule has 2 aromatic carbocycles. The number of nitrogens with zero attached hydrogens (tertiary/aromatic N) is 2. The summed E-state index contributed by atoms with van der Waals surface area (Å²) in [7, 11) is 0. The van der Waals surface area contributed by atoms with Crippen molar-refractivity contribution in [3.05, 3.63) is 110 Å². The molecule has 0 spiro atoms. The Balaban J connectivity index is 1.36. The second-order valence-electron chi connectivity index (χ2n) is 6.68. The normalized spacial score (nSPS) is 10.9. The minimum Gasteiger partial charge on any atom is -0.456 e. The summed E-state index contributed by atoms with van der Waals surface area (Å²) < 4.78 is 7.55.